The summed E-state index contributed by atoms with van der Waals surface area (Å²) in [5.41, 5.74) is 4.45. The summed E-state index contributed by atoms with van der Waals surface area (Å²) < 4.78 is 18.6. The second kappa shape index (κ2) is 4.95. The largest absolute Gasteiger partial charge is 0.371 e. The van der Waals surface area contributed by atoms with Crippen LogP contribution in [-0.4, -0.2) is 35.8 Å². The number of nitrogens with one attached hydrogen (secondary N) is 1. The molecule has 0 radical (unpaired) electrons. The van der Waals surface area contributed by atoms with Crippen molar-refractivity contribution in [1.82, 2.24) is 10.3 Å². The first-order valence-electron chi connectivity index (χ1n) is 5.29. The summed E-state index contributed by atoms with van der Waals surface area (Å²) >= 11 is 4.98. The van der Waals surface area contributed by atoms with Gasteiger partial charge in [0.15, 0.2) is 0 Å². The van der Waals surface area contributed by atoms with E-state index in [2.05, 4.69) is 10.3 Å². The smallest absolute Gasteiger partial charge is 0.267 e. The van der Waals surface area contributed by atoms with Gasteiger partial charge in [-0.05, 0) is 12.1 Å². The summed E-state index contributed by atoms with van der Waals surface area (Å²) in [6.07, 6.45) is 0. The fourth-order valence-corrected chi connectivity index (χ4v) is 2.05. The molecule has 0 aromatic carbocycles. The maximum absolute atomic E-state index is 13.4. The summed E-state index contributed by atoms with van der Waals surface area (Å²) in [4.78, 5) is 15.5. The van der Waals surface area contributed by atoms with Crippen LogP contribution < -0.4 is 11.1 Å². The van der Waals surface area contributed by atoms with Gasteiger partial charge in [0.2, 0.25) is 0 Å². The third-order valence-corrected chi connectivity index (χ3v) is 2.90. The lowest BCUT2D eigenvalue weighted by Gasteiger charge is -2.36. The van der Waals surface area contributed by atoms with Gasteiger partial charge >= 0.3 is 0 Å². The fraction of sp³-hybridized carbons (Fsp3) is 0.364. The Bertz CT molecular complexity index is 497. The molecule has 1 aromatic rings. The number of pyridine rings is 1. The van der Waals surface area contributed by atoms with Crippen LogP contribution in [0, 0.1) is 0 Å². The van der Waals surface area contributed by atoms with Crippen LogP contribution >= 0.6 is 12.2 Å². The number of primary amides is 1. The molecular weight excluding hydrogens is 257 g/mol. The number of amides is 1. The van der Waals surface area contributed by atoms with Crippen molar-refractivity contribution in [1.29, 1.82) is 0 Å². The Morgan fingerprint density at radius 1 is 1.67 bits per heavy atom. The Balaban J connectivity index is 2.40. The molecule has 1 aliphatic rings. The molecule has 0 aliphatic carbocycles. The van der Waals surface area contributed by atoms with Crippen LogP contribution in [0.5, 0.6) is 0 Å². The van der Waals surface area contributed by atoms with Crippen molar-refractivity contribution in [2.45, 2.75) is 5.54 Å². The minimum atomic E-state index is -1.14. The maximum Gasteiger partial charge on any atom is 0.267 e. The number of thiocarbonyl (C=S) groups is 1. The number of nitrogens with zero attached hydrogens (tertiary/aromatic N) is 1. The van der Waals surface area contributed by atoms with E-state index in [9.17, 15) is 9.18 Å². The molecule has 0 bridgehead atoms. The monoisotopic (exact) mass is 269 g/mol. The van der Waals surface area contributed by atoms with E-state index >= 15 is 0 Å². The highest BCUT2D eigenvalue weighted by Crippen LogP contribution is 2.23. The molecular formula is C11H12FN3O2S. The van der Waals surface area contributed by atoms with Crippen LogP contribution in [0.2, 0.25) is 0 Å². The van der Waals surface area contributed by atoms with Gasteiger partial charge in [0, 0.05) is 0 Å². The Hall–Kier alpha value is -1.60. The molecule has 5 nitrogen and oxygen atoms in total. The van der Waals surface area contributed by atoms with E-state index in [4.69, 9.17) is 22.7 Å². The van der Waals surface area contributed by atoms with Gasteiger partial charge in [-0.2, -0.15) is 0 Å². The van der Waals surface area contributed by atoms with E-state index in [1.807, 2.05) is 0 Å². The zero-order chi connectivity index (χ0) is 13.2. The first-order valence-corrected chi connectivity index (χ1v) is 5.70. The first-order chi connectivity index (χ1) is 8.57. The second-order valence-corrected chi connectivity index (χ2v) is 4.52. The van der Waals surface area contributed by atoms with Crippen LogP contribution in [0.15, 0.2) is 18.2 Å². The van der Waals surface area contributed by atoms with Crippen LogP contribution in [0.3, 0.4) is 0 Å². The normalized spacial score (nSPS) is 23.5. The van der Waals surface area contributed by atoms with Gasteiger partial charge in [-0.3, -0.25) is 4.79 Å². The van der Waals surface area contributed by atoms with Gasteiger partial charge in [-0.15, -0.1) is 0 Å². The third-order valence-electron chi connectivity index (χ3n) is 2.68. The number of rotatable bonds is 3. The number of hydrogen-bond acceptors (Lipinski definition) is 4. The molecule has 3 N–H and O–H groups in total. The molecule has 1 aromatic heterocycles. The molecule has 1 amide bonds. The first kappa shape index (κ1) is 12.8. The summed E-state index contributed by atoms with van der Waals surface area (Å²) in [5.74, 6) is -0.662. The molecule has 1 fully saturated rings. The summed E-state index contributed by atoms with van der Waals surface area (Å²) in [7, 11) is 0. The average Bonchev–Trinajstić information content (AvgIpc) is 2.38. The highest BCUT2D eigenvalue weighted by molar-refractivity contribution is 7.80. The van der Waals surface area contributed by atoms with Gasteiger partial charge in [0.25, 0.3) is 5.91 Å². The van der Waals surface area contributed by atoms with Crippen molar-refractivity contribution in [2.75, 3.05) is 19.9 Å². The number of ether oxygens (including phenoxy) is 1. The van der Waals surface area contributed by atoms with E-state index in [0.717, 1.165) is 0 Å². The lowest BCUT2D eigenvalue weighted by Crippen LogP contribution is -2.56. The number of carbonyl (C=O) groups excluding carboxylic acids is 1. The average molecular weight is 269 g/mol. The highest BCUT2D eigenvalue weighted by atomic mass is 32.1. The zero-order valence-electron chi connectivity index (χ0n) is 9.48. The quantitative estimate of drug-likeness (QED) is 0.771. The van der Waals surface area contributed by atoms with Crippen molar-refractivity contribution in [3.05, 3.63) is 29.6 Å². The van der Waals surface area contributed by atoms with Crippen molar-refractivity contribution < 1.29 is 13.9 Å². The standard InChI is InChI=1S/C11H12FN3O2S/c12-5-11(6-17-4-9(18)15-11)8-3-1-2-7(14-8)10(13)16/h1-3H,4-6H2,(H2,13,16)(H,15,18). The highest BCUT2D eigenvalue weighted by Gasteiger charge is 2.38. The zero-order valence-corrected chi connectivity index (χ0v) is 10.3. The van der Waals surface area contributed by atoms with Gasteiger partial charge in [-0.1, -0.05) is 18.3 Å². The number of halogens is 1. The predicted octanol–water partition coefficient (Wildman–Crippen LogP) is 0.292. The molecule has 7 heteroatoms. The summed E-state index contributed by atoms with van der Waals surface area (Å²) in [6.45, 7) is -0.395. The van der Waals surface area contributed by atoms with Crippen LogP contribution in [-0.2, 0) is 10.3 Å². The number of alkyl halides is 1. The SMILES string of the molecule is NC(=O)c1cccc(C2(CF)COCC(=S)N2)n1. The van der Waals surface area contributed by atoms with E-state index in [1.54, 1.807) is 12.1 Å². The molecule has 0 spiro atoms. The van der Waals surface area contributed by atoms with Crippen molar-refractivity contribution in [2.24, 2.45) is 5.73 Å². The van der Waals surface area contributed by atoms with Crippen LogP contribution in [0.4, 0.5) is 4.39 Å². The molecule has 1 unspecified atom stereocenters. The predicted molar refractivity (Wildman–Crippen MR) is 67.0 cm³/mol. The Labute approximate surface area is 109 Å². The topological polar surface area (TPSA) is 77.2 Å². The van der Waals surface area contributed by atoms with E-state index in [1.165, 1.54) is 6.07 Å². The molecule has 18 heavy (non-hydrogen) atoms. The van der Waals surface area contributed by atoms with E-state index in [-0.39, 0.29) is 18.9 Å². The van der Waals surface area contributed by atoms with Gasteiger partial charge < -0.3 is 15.8 Å². The van der Waals surface area contributed by atoms with Crippen molar-refractivity contribution in [3.8, 4) is 0 Å². The van der Waals surface area contributed by atoms with Crippen LogP contribution in [0.1, 0.15) is 16.2 Å². The Kier molecular flexibility index (Phi) is 3.53. The van der Waals surface area contributed by atoms with Crippen LogP contribution in [0.25, 0.3) is 0 Å². The molecule has 2 rings (SSSR count). The number of nitrogens with two attached hydrogens (primary N) is 1. The second-order valence-electron chi connectivity index (χ2n) is 4.03. The number of aromatic nitrogens is 1. The van der Waals surface area contributed by atoms with Gasteiger partial charge in [0.05, 0.1) is 18.9 Å². The molecule has 96 valence electrons. The molecule has 0 saturated carbocycles. The van der Waals surface area contributed by atoms with Gasteiger partial charge in [0.1, 0.15) is 22.9 Å². The lowest BCUT2D eigenvalue weighted by molar-refractivity contribution is 0.0608. The molecule has 2 heterocycles. The molecule has 1 saturated heterocycles. The maximum atomic E-state index is 13.4. The van der Waals surface area contributed by atoms with Crippen molar-refractivity contribution in [3.63, 3.8) is 0 Å². The minimum absolute atomic E-state index is 0.0821. The number of carbonyl (C=O) groups is 1. The minimum Gasteiger partial charge on any atom is -0.371 e. The third kappa shape index (κ3) is 2.32. The number of morpholine rings is 1. The fourth-order valence-electron chi connectivity index (χ4n) is 1.77. The van der Waals surface area contributed by atoms with Gasteiger partial charge in [-0.25, -0.2) is 9.37 Å². The Morgan fingerprint density at radius 2 is 2.44 bits per heavy atom. The summed E-state index contributed by atoms with van der Waals surface area (Å²) in [6, 6.07) is 4.68. The molecule has 1 atom stereocenters. The lowest BCUT2D eigenvalue weighted by atomic mass is 9.95. The van der Waals surface area contributed by atoms with E-state index < -0.39 is 18.1 Å². The number of hydrogen-bond donors (Lipinski definition) is 2. The van der Waals surface area contributed by atoms with E-state index in [0.29, 0.717) is 10.7 Å². The Morgan fingerprint density at radius 3 is 3.06 bits per heavy atom. The summed E-state index contributed by atoms with van der Waals surface area (Å²) in [5, 5.41) is 2.88. The molecule has 1 aliphatic heterocycles. The van der Waals surface area contributed by atoms with Crippen molar-refractivity contribution >= 4 is 23.1 Å².